The SMILES string of the molecule is O=C(c1ccc(Br)cc1C(F)(F)F)N(CCO)C1CCC1. The fourth-order valence-corrected chi connectivity index (χ4v) is 2.71. The number of rotatable bonds is 4. The molecule has 116 valence electrons. The molecule has 1 N–H and O–H groups in total. The molecule has 2 rings (SSSR count). The molecule has 1 amide bonds. The number of carbonyl (C=O) groups is 1. The minimum atomic E-state index is -4.60. The largest absolute Gasteiger partial charge is 0.417 e. The van der Waals surface area contributed by atoms with Crippen molar-refractivity contribution in [3.8, 4) is 0 Å². The van der Waals surface area contributed by atoms with Gasteiger partial charge in [-0.2, -0.15) is 13.2 Å². The van der Waals surface area contributed by atoms with Gasteiger partial charge >= 0.3 is 6.18 Å². The van der Waals surface area contributed by atoms with Crippen molar-refractivity contribution in [1.29, 1.82) is 0 Å². The molecule has 0 aromatic heterocycles. The molecule has 0 saturated heterocycles. The third-order valence-electron chi connectivity index (χ3n) is 3.63. The highest BCUT2D eigenvalue weighted by Crippen LogP contribution is 2.35. The molecule has 1 aliphatic rings. The smallest absolute Gasteiger partial charge is 0.395 e. The molecule has 0 aliphatic heterocycles. The summed E-state index contributed by atoms with van der Waals surface area (Å²) in [6, 6.07) is 3.43. The van der Waals surface area contributed by atoms with Crippen LogP contribution in [0.1, 0.15) is 35.2 Å². The Kier molecular flexibility index (Phi) is 4.93. The molecule has 7 heteroatoms. The van der Waals surface area contributed by atoms with Gasteiger partial charge in [0.25, 0.3) is 5.91 Å². The zero-order chi connectivity index (χ0) is 15.6. The van der Waals surface area contributed by atoms with Crippen LogP contribution in [0.4, 0.5) is 13.2 Å². The quantitative estimate of drug-likeness (QED) is 0.887. The summed E-state index contributed by atoms with van der Waals surface area (Å²) < 4.78 is 39.5. The highest BCUT2D eigenvalue weighted by atomic mass is 79.9. The van der Waals surface area contributed by atoms with E-state index in [4.69, 9.17) is 5.11 Å². The van der Waals surface area contributed by atoms with Gasteiger partial charge in [-0.05, 0) is 37.5 Å². The number of hydrogen-bond acceptors (Lipinski definition) is 2. The van der Waals surface area contributed by atoms with Crippen LogP contribution in [0, 0.1) is 0 Å². The number of aliphatic hydroxyl groups excluding tert-OH is 1. The first-order valence-corrected chi connectivity index (χ1v) is 7.42. The van der Waals surface area contributed by atoms with E-state index in [9.17, 15) is 18.0 Å². The van der Waals surface area contributed by atoms with Crippen LogP contribution in [0.2, 0.25) is 0 Å². The van der Waals surface area contributed by atoms with E-state index in [1.807, 2.05) is 0 Å². The summed E-state index contributed by atoms with van der Waals surface area (Å²) in [6.45, 7) is -0.211. The van der Waals surface area contributed by atoms with Gasteiger partial charge in [0.15, 0.2) is 0 Å². The fraction of sp³-hybridized carbons (Fsp3) is 0.500. The Morgan fingerprint density at radius 2 is 2.05 bits per heavy atom. The zero-order valence-electron chi connectivity index (χ0n) is 11.2. The summed E-state index contributed by atoms with van der Waals surface area (Å²) in [5.74, 6) is -0.673. The molecule has 1 fully saturated rings. The minimum Gasteiger partial charge on any atom is -0.395 e. The van der Waals surface area contributed by atoms with Crippen LogP contribution in [-0.4, -0.2) is 35.1 Å². The highest BCUT2D eigenvalue weighted by Gasteiger charge is 2.38. The number of nitrogens with zero attached hydrogens (tertiary/aromatic N) is 1. The molecule has 0 radical (unpaired) electrons. The van der Waals surface area contributed by atoms with Crippen molar-refractivity contribution < 1.29 is 23.1 Å². The zero-order valence-corrected chi connectivity index (χ0v) is 12.7. The van der Waals surface area contributed by atoms with Gasteiger partial charge in [0.2, 0.25) is 0 Å². The van der Waals surface area contributed by atoms with Crippen LogP contribution in [-0.2, 0) is 6.18 Å². The van der Waals surface area contributed by atoms with E-state index in [1.165, 1.54) is 17.0 Å². The topological polar surface area (TPSA) is 40.5 Å². The number of alkyl halides is 3. The Balaban J connectivity index is 2.37. The normalized spacial score (nSPS) is 15.7. The molecular weight excluding hydrogens is 351 g/mol. The number of halogens is 4. The molecule has 1 aromatic rings. The summed E-state index contributed by atoms with van der Waals surface area (Å²) in [6.07, 6.45) is -2.11. The van der Waals surface area contributed by atoms with Crippen molar-refractivity contribution in [2.45, 2.75) is 31.5 Å². The van der Waals surface area contributed by atoms with E-state index in [2.05, 4.69) is 15.9 Å². The number of amides is 1. The Labute approximate surface area is 128 Å². The van der Waals surface area contributed by atoms with Gasteiger partial charge in [0.1, 0.15) is 0 Å². The van der Waals surface area contributed by atoms with Crippen LogP contribution >= 0.6 is 15.9 Å². The molecule has 1 aliphatic carbocycles. The number of benzene rings is 1. The summed E-state index contributed by atoms with van der Waals surface area (Å²) in [4.78, 5) is 13.8. The van der Waals surface area contributed by atoms with E-state index in [-0.39, 0.29) is 29.2 Å². The number of carbonyl (C=O) groups excluding carboxylic acids is 1. The van der Waals surface area contributed by atoms with Crippen molar-refractivity contribution in [1.82, 2.24) is 4.90 Å². The van der Waals surface area contributed by atoms with Crippen LogP contribution in [0.3, 0.4) is 0 Å². The summed E-state index contributed by atoms with van der Waals surface area (Å²) in [5, 5.41) is 9.05. The monoisotopic (exact) mass is 365 g/mol. The maximum atomic E-state index is 13.1. The van der Waals surface area contributed by atoms with Gasteiger partial charge in [-0.15, -0.1) is 0 Å². The van der Waals surface area contributed by atoms with Crippen LogP contribution in [0.25, 0.3) is 0 Å². The summed E-state index contributed by atoms with van der Waals surface area (Å²) >= 11 is 2.99. The first-order chi connectivity index (χ1) is 9.84. The van der Waals surface area contributed by atoms with Gasteiger partial charge in [-0.3, -0.25) is 4.79 Å². The van der Waals surface area contributed by atoms with E-state index < -0.39 is 17.6 Å². The molecule has 1 aromatic carbocycles. The standard InChI is InChI=1S/C14H15BrF3NO2/c15-9-4-5-11(12(8-9)14(16,17)18)13(21)19(6-7-20)10-2-1-3-10/h4-5,8,10,20H,1-3,6-7H2. The summed E-state index contributed by atoms with van der Waals surface area (Å²) in [5.41, 5.74) is -1.32. The number of aliphatic hydroxyl groups is 1. The fourth-order valence-electron chi connectivity index (χ4n) is 2.35. The Morgan fingerprint density at radius 1 is 1.38 bits per heavy atom. The molecule has 3 nitrogen and oxygen atoms in total. The summed E-state index contributed by atoms with van der Waals surface area (Å²) in [7, 11) is 0. The maximum Gasteiger partial charge on any atom is 0.417 e. The second-order valence-corrected chi connectivity index (χ2v) is 5.91. The van der Waals surface area contributed by atoms with Gasteiger partial charge in [0, 0.05) is 17.1 Å². The molecule has 0 unspecified atom stereocenters. The van der Waals surface area contributed by atoms with Gasteiger partial charge in [0.05, 0.1) is 17.7 Å². The van der Waals surface area contributed by atoms with Gasteiger partial charge in [-0.25, -0.2) is 0 Å². The van der Waals surface area contributed by atoms with Crippen LogP contribution in [0.15, 0.2) is 22.7 Å². The van der Waals surface area contributed by atoms with Crippen molar-refractivity contribution in [3.05, 3.63) is 33.8 Å². The van der Waals surface area contributed by atoms with E-state index in [0.717, 1.165) is 25.3 Å². The van der Waals surface area contributed by atoms with E-state index in [1.54, 1.807) is 0 Å². The second kappa shape index (κ2) is 6.36. The van der Waals surface area contributed by atoms with Crippen molar-refractivity contribution in [2.24, 2.45) is 0 Å². The Bertz CT molecular complexity index is 529. The molecule has 0 heterocycles. The predicted octanol–water partition coefficient (Wildman–Crippen LogP) is 3.45. The lowest BCUT2D eigenvalue weighted by Gasteiger charge is -2.37. The van der Waals surface area contributed by atoms with Crippen LogP contribution in [0.5, 0.6) is 0 Å². The predicted molar refractivity (Wildman–Crippen MR) is 74.9 cm³/mol. The first-order valence-electron chi connectivity index (χ1n) is 6.63. The van der Waals surface area contributed by atoms with E-state index in [0.29, 0.717) is 0 Å². The lowest BCUT2D eigenvalue weighted by Crippen LogP contribution is -2.46. The molecule has 21 heavy (non-hydrogen) atoms. The lowest BCUT2D eigenvalue weighted by atomic mass is 9.90. The second-order valence-electron chi connectivity index (χ2n) is 4.99. The third kappa shape index (κ3) is 3.58. The van der Waals surface area contributed by atoms with Crippen molar-refractivity contribution >= 4 is 21.8 Å². The van der Waals surface area contributed by atoms with E-state index >= 15 is 0 Å². The van der Waals surface area contributed by atoms with Gasteiger partial charge in [-0.1, -0.05) is 15.9 Å². The highest BCUT2D eigenvalue weighted by molar-refractivity contribution is 9.10. The van der Waals surface area contributed by atoms with Crippen molar-refractivity contribution in [3.63, 3.8) is 0 Å². The van der Waals surface area contributed by atoms with Crippen molar-refractivity contribution in [2.75, 3.05) is 13.2 Å². The lowest BCUT2D eigenvalue weighted by molar-refractivity contribution is -0.138. The molecule has 0 spiro atoms. The Hall–Kier alpha value is -1.08. The molecule has 0 bridgehead atoms. The molecule has 0 atom stereocenters. The Morgan fingerprint density at radius 3 is 2.52 bits per heavy atom. The first kappa shape index (κ1) is 16.3. The molecular formula is C14H15BrF3NO2. The maximum absolute atomic E-state index is 13.1. The molecule has 1 saturated carbocycles. The average molecular weight is 366 g/mol. The van der Waals surface area contributed by atoms with Crippen LogP contribution < -0.4 is 0 Å². The van der Waals surface area contributed by atoms with Gasteiger partial charge < -0.3 is 10.0 Å². The third-order valence-corrected chi connectivity index (χ3v) is 4.13. The minimum absolute atomic E-state index is 0.0524. The number of hydrogen-bond donors (Lipinski definition) is 1. The average Bonchev–Trinajstić information content (AvgIpc) is 2.34.